The Kier molecular flexibility index (Phi) is 8.81. The van der Waals surface area contributed by atoms with Crippen LogP contribution in [0.3, 0.4) is 0 Å². The van der Waals surface area contributed by atoms with Crippen LogP contribution in [0.2, 0.25) is 0 Å². The second kappa shape index (κ2) is 11.3. The fourth-order valence-corrected chi connectivity index (χ4v) is 3.19. The van der Waals surface area contributed by atoms with Crippen LogP contribution in [0.1, 0.15) is 25.0 Å². The van der Waals surface area contributed by atoms with Gasteiger partial charge < -0.3 is 19.3 Å². The molecule has 31 heavy (non-hydrogen) atoms. The van der Waals surface area contributed by atoms with Crippen molar-refractivity contribution in [2.24, 2.45) is 10.9 Å². The van der Waals surface area contributed by atoms with Gasteiger partial charge in [0.25, 0.3) is 0 Å². The van der Waals surface area contributed by atoms with Crippen LogP contribution in [0.25, 0.3) is 6.08 Å². The van der Waals surface area contributed by atoms with Crippen LogP contribution >= 0.6 is 15.9 Å². The summed E-state index contributed by atoms with van der Waals surface area (Å²) in [5.41, 5.74) is 1.38. The van der Waals surface area contributed by atoms with Gasteiger partial charge in [0.05, 0.1) is 18.7 Å². The highest BCUT2D eigenvalue weighted by Gasteiger charge is 2.20. The summed E-state index contributed by atoms with van der Waals surface area (Å²) in [4.78, 5) is 27.8. The fourth-order valence-electron chi connectivity index (χ4n) is 2.64. The highest BCUT2D eigenvalue weighted by molar-refractivity contribution is 9.10. The third-order valence-electron chi connectivity index (χ3n) is 4.23. The molecule has 2 rings (SSSR count). The first kappa shape index (κ1) is 24.1. The van der Waals surface area contributed by atoms with Gasteiger partial charge in [0.15, 0.2) is 11.5 Å². The molecule has 1 atom stereocenters. The van der Waals surface area contributed by atoms with Gasteiger partial charge in [-0.2, -0.15) is 0 Å². The maximum atomic E-state index is 12.3. The van der Waals surface area contributed by atoms with Crippen molar-refractivity contribution < 1.29 is 28.9 Å². The molecule has 0 saturated heterocycles. The van der Waals surface area contributed by atoms with E-state index < -0.39 is 18.0 Å². The van der Waals surface area contributed by atoms with Crippen LogP contribution in [0.4, 0.5) is 0 Å². The molecular weight excluding hydrogens is 466 g/mol. The van der Waals surface area contributed by atoms with Crippen LogP contribution in [0.5, 0.6) is 17.2 Å². The number of carboxylic acids is 1. The van der Waals surface area contributed by atoms with E-state index in [1.807, 2.05) is 18.2 Å². The number of esters is 1. The Bertz CT molecular complexity index is 1000. The number of aliphatic imine (C=N–C) groups is 1. The number of hydrogen-bond donors (Lipinski definition) is 1. The van der Waals surface area contributed by atoms with Crippen molar-refractivity contribution in [3.8, 4) is 17.2 Å². The molecular formula is C23H24BrNO6. The number of halogens is 1. The smallest absolute Gasteiger partial charge is 0.336 e. The molecule has 0 aliphatic rings. The molecule has 0 aliphatic heterocycles. The maximum absolute atomic E-state index is 12.3. The number of aliphatic carboxylic acids is 1. The van der Waals surface area contributed by atoms with Crippen molar-refractivity contribution >= 4 is 40.2 Å². The first-order chi connectivity index (χ1) is 14.7. The number of benzene rings is 2. The first-order valence-electron chi connectivity index (χ1n) is 9.42. The Morgan fingerprint density at radius 3 is 2.45 bits per heavy atom. The lowest BCUT2D eigenvalue weighted by Crippen LogP contribution is -2.24. The molecule has 0 aromatic heterocycles. The summed E-state index contributed by atoms with van der Waals surface area (Å²) in [7, 11) is 3.01. The minimum absolute atomic E-state index is 0.157. The van der Waals surface area contributed by atoms with Crippen LogP contribution in [0.15, 0.2) is 51.9 Å². The van der Waals surface area contributed by atoms with Crippen LogP contribution < -0.4 is 14.2 Å². The van der Waals surface area contributed by atoms with E-state index in [0.29, 0.717) is 21.5 Å². The Morgan fingerprint density at radius 1 is 1.10 bits per heavy atom. The molecule has 2 aromatic carbocycles. The van der Waals surface area contributed by atoms with Gasteiger partial charge in [-0.05, 0) is 63.3 Å². The van der Waals surface area contributed by atoms with Crippen molar-refractivity contribution in [1.82, 2.24) is 0 Å². The maximum Gasteiger partial charge on any atom is 0.336 e. The molecule has 1 N–H and O–H groups in total. The predicted octanol–water partition coefficient (Wildman–Crippen LogP) is 4.61. The van der Waals surface area contributed by atoms with Gasteiger partial charge in [-0.15, -0.1) is 0 Å². The van der Waals surface area contributed by atoms with Gasteiger partial charge in [0.1, 0.15) is 11.8 Å². The summed E-state index contributed by atoms with van der Waals surface area (Å²) in [5.74, 6) is -0.552. The third kappa shape index (κ3) is 6.96. The number of hydrogen-bond acceptors (Lipinski definition) is 6. The summed E-state index contributed by atoms with van der Waals surface area (Å²) in [6.07, 6.45) is 4.38. The molecule has 0 fully saturated rings. The average molecular weight is 490 g/mol. The number of nitrogens with zero attached hydrogens (tertiary/aromatic N) is 1. The summed E-state index contributed by atoms with van der Waals surface area (Å²) >= 11 is 3.37. The standard InChI is InChI=1S/C23H24BrNO6/c1-14(2)21(23(27)28)25-13-16-11-18(24)22(19(12-16)30-4)31-20(26)9-8-15-6-5-7-17(10-15)29-3/h5-14,21H,1-4H3,(H,27,28)/b9-8+,25-13?. The molecule has 0 aliphatic carbocycles. The highest BCUT2D eigenvalue weighted by Crippen LogP contribution is 2.36. The molecule has 2 aromatic rings. The number of carbonyl (C=O) groups is 2. The lowest BCUT2D eigenvalue weighted by molar-refractivity contribution is -0.139. The molecule has 0 spiro atoms. The molecule has 8 heteroatoms. The second-order valence-electron chi connectivity index (χ2n) is 6.87. The number of methoxy groups -OCH3 is 2. The van der Waals surface area contributed by atoms with Crippen molar-refractivity contribution in [3.63, 3.8) is 0 Å². The Morgan fingerprint density at radius 2 is 1.84 bits per heavy atom. The molecule has 0 saturated carbocycles. The summed E-state index contributed by atoms with van der Waals surface area (Å²) < 4.78 is 16.4. The van der Waals surface area contributed by atoms with E-state index in [1.54, 1.807) is 45.2 Å². The zero-order valence-corrected chi connectivity index (χ0v) is 19.3. The van der Waals surface area contributed by atoms with Crippen molar-refractivity contribution in [3.05, 3.63) is 58.1 Å². The molecule has 1 unspecified atom stereocenters. The van der Waals surface area contributed by atoms with E-state index in [-0.39, 0.29) is 11.7 Å². The number of ether oxygens (including phenoxy) is 3. The minimum atomic E-state index is -0.995. The van der Waals surface area contributed by atoms with Crippen LogP contribution in [0, 0.1) is 5.92 Å². The average Bonchev–Trinajstić information content (AvgIpc) is 2.73. The summed E-state index contributed by atoms with van der Waals surface area (Å²) in [6, 6.07) is 9.67. The Hall–Kier alpha value is -3.13. The number of carboxylic acid groups (broad SMARTS) is 1. The van der Waals surface area contributed by atoms with Gasteiger partial charge in [0.2, 0.25) is 0 Å². The van der Waals surface area contributed by atoms with E-state index in [2.05, 4.69) is 20.9 Å². The Labute approximate surface area is 189 Å². The normalized spacial score (nSPS) is 12.3. The Balaban J connectivity index is 2.20. The lowest BCUT2D eigenvalue weighted by atomic mass is 10.1. The monoisotopic (exact) mass is 489 g/mol. The van der Waals surface area contributed by atoms with Gasteiger partial charge >= 0.3 is 11.9 Å². The van der Waals surface area contributed by atoms with Crippen LogP contribution in [-0.2, 0) is 9.59 Å². The van der Waals surface area contributed by atoms with Crippen molar-refractivity contribution in [1.29, 1.82) is 0 Å². The largest absolute Gasteiger partial charge is 0.497 e. The van der Waals surface area contributed by atoms with Gasteiger partial charge in [-0.1, -0.05) is 26.0 Å². The highest BCUT2D eigenvalue weighted by atomic mass is 79.9. The SMILES string of the molecule is COc1cccc(/C=C/C(=O)Oc2c(Br)cc(C=NC(C(=O)O)C(C)C)cc2OC)c1. The van der Waals surface area contributed by atoms with Crippen molar-refractivity contribution in [2.45, 2.75) is 19.9 Å². The molecule has 0 amide bonds. The van der Waals surface area contributed by atoms with Crippen LogP contribution in [-0.4, -0.2) is 43.5 Å². The topological polar surface area (TPSA) is 94.4 Å². The van der Waals surface area contributed by atoms with Crippen molar-refractivity contribution in [2.75, 3.05) is 14.2 Å². The molecule has 0 bridgehead atoms. The quantitative estimate of drug-likeness (QED) is 0.239. The molecule has 0 radical (unpaired) electrons. The number of carbonyl (C=O) groups excluding carboxylic acids is 1. The molecule has 7 nitrogen and oxygen atoms in total. The summed E-state index contributed by atoms with van der Waals surface area (Å²) in [6.45, 7) is 3.57. The number of rotatable bonds is 9. The van der Waals surface area contributed by atoms with E-state index in [0.717, 1.165) is 5.56 Å². The van der Waals surface area contributed by atoms with Gasteiger partial charge in [0, 0.05) is 12.3 Å². The van der Waals surface area contributed by atoms with E-state index in [1.165, 1.54) is 19.4 Å². The fraction of sp³-hybridized carbons (Fsp3) is 0.261. The van der Waals surface area contributed by atoms with E-state index in [4.69, 9.17) is 14.2 Å². The zero-order chi connectivity index (χ0) is 23.0. The third-order valence-corrected chi connectivity index (χ3v) is 4.82. The summed E-state index contributed by atoms with van der Waals surface area (Å²) in [5, 5.41) is 9.26. The molecule has 164 valence electrons. The zero-order valence-electron chi connectivity index (χ0n) is 17.7. The lowest BCUT2D eigenvalue weighted by Gasteiger charge is -2.13. The minimum Gasteiger partial charge on any atom is -0.497 e. The van der Waals surface area contributed by atoms with Gasteiger partial charge in [-0.25, -0.2) is 9.59 Å². The predicted molar refractivity (Wildman–Crippen MR) is 122 cm³/mol. The van der Waals surface area contributed by atoms with Gasteiger partial charge in [-0.3, -0.25) is 4.99 Å². The molecule has 0 heterocycles. The first-order valence-corrected chi connectivity index (χ1v) is 10.2. The second-order valence-corrected chi connectivity index (χ2v) is 7.72. The van der Waals surface area contributed by atoms with E-state index >= 15 is 0 Å². The van der Waals surface area contributed by atoms with E-state index in [9.17, 15) is 14.7 Å².